The van der Waals surface area contributed by atoms with E-state index in [1.54, 1.807) is 65.3 Å². The highest BCUT2D eigenvalue weighted by Crippen LogP contribution is 2.40. The van der Waals surface area contributed by atoms with Crippen molar-refractivity contribution in [2.75, 3.05) is 11.5 Å². The quantitative estimate of drug-likeness (QED) is 0.0607. The molecule has 0 saturated heterocycles. The highest BCUT2D eigenvalue weighted by molar-refractivity contribution is 5.95. The van der Waals surface area contributed by atoms with Crippen LogP contribution in [-0.2, 0) is 19.7 Å². The number of rotatable bonds is 12. The number of hydrogen-bond donors (Lipinski definition) is 1. The molecule has 1 aliphatic rings. The van der Waals surface area contributed by atoms with Crippen molar-refractivity contribution in [3.63, 3.8) is 0 Å². The predicted molar refractivity (Wildman–Crippen MR) is 204 cm³/mol. The third kappa shape index (κ3) is 12.9. The van der Waals surface area contributed by atoms with Crippen molar-refractivity contribution in [1.29, 1.82) is 0 Å². The van der Waals surface area contributed by atoms with Crippen LogP contribution in [0.5, 0.6) is 11.6 Å². The number of anilines is 2. The average molecular weight is 769 g/mol. The van der Waals surface area contributed by atoms with E-state index in [2.05, 4.69) is 10.3 Å². The van der Waals surface area contributed by atoms with Gasteiger partial charge < -0.3 is 29.0 Å². The standard InChI is InChI=1S/C39H54N6O10/c1-25(41-34(46)54-38(5,6)7)12-11-21-51-32-23-28(19-20-40-32)43(35(47)55-39(8,9)10)33-24-31(42-44(33)37(2,3)4)26-13-16-30(22-26)53-36(48)52-29-17-14-27(15-18-29)45(49)50/h14-15,17-20,23-26,30H,11-13,16,21-22H2,1-10H3,(H,41,46)/t25-,26-,30+/m0/s1/i21D2. The molecule has 0 bridgehead atoms. The van der Waals surface area contributed by atoms with Gasteiger partial charge in [0, 0.05) is 42.4 Å². The molecule has 0 unspecified atom stereocenters. The molecule has 300 valence electrons. The van der Waals surface area contributed by atoms with Crippen molar-refractivity contribution in [1.82, 2.24) is 20.1 Å². The lowest BCUT2D eigenvalue weighted by molar-refractivity contribution is -0.384. The third-order valence-electron chi connectivity index (χ3n) is 8.06. The highest BCUT2D eigenvalue weighted by atomic mass is 16.7. The monoisotopic (exact) mass is 768 g/mol. The van der Waals surface area contributed by atoms with Crippen LogP contribution in [0.15, 0.2) is 48.7 Å². The van der Waals surface area contributed by atoms with Gasteiger partial charge in [-0.25, -0.2) is 28.9 Å². The number of aromatic nitrogens is 3. The van der Waals surface area contributed by atoms with E-state index in [4.69, 9.17) is 31.5 Å². The summed E-state index contributed by atoms with van der Waals surface area (Å²) in [7, 11) is 0. The number of nitro benzene ring substituents is 1. The van der Waals surface area contributed by atoms with Gasteiger partial charge in [0.25, 0.3) is 5.69 Å². The largest absolute Gasteiger partial charge is 0.514 e. The van der Waals surface area contributed by atoms with E-state index in [9.17, 15) is 24.5 Å². The Kier molecular flexibility index (Phi) is 12.4. The topological polar surface area (TPSA) is 186 Å². The lowest BCUT2D eigenvalue weighted by atomic mass is 10.0. The smallest absolute Gasteiger partial charge is 0.478 e. The Morgan fingerprint density at radius 3 is 2.31 bits per heavy atom. The van der Waals surface area contributed by atoms with Crippen molar-refractivity contribution in [2.24, 2.45) is 0 Å². The number of amides is 2. The van der Waals surface area contributed by atoms with Gasteiger partial charge >= 0.3 is 18.3 Å². The Hall–Kier alpha value is -5.41. The Morgan fingerprint density at radius 1 is 1.02 bits per heavy atom. The first-order valence-corrected chi connectivity index (χ1v) is 18.2. The van der Waals surface area contributed by atoms with Crippen LogP contribution >= 0.6 is 0 Å². The first kappa shape index (κ1) is 39.3. The Bertz CT molecular complexity index is 1900. The third-order valence-corrected chi connectivity index (χ3v) is 8.06. The minimum atomic E-state index is -2.19. The van der Waals surface area contributed by atoms with Gasteiger partial charge in [-0.1, -0.05) is 0 Å². The molecule has 0 spiro atoms. The molecule has 2 aromatic heterocycles. The Labute approximate surface area is 324 Å². The summed E-state index contributed by atoms with van der Waals surface area (Å²) in [6.45, 7) is 15.8. The molecule has 0 aliphatic heterocycles. The van der Waals surface area contributed by atoms with Crippen LogP contribution in [0.2, 0.25) is 0 Å². The van der Waals surface area contributed by atoms with Gasteiger partial charge in [0.2, 0.25) is 5.88 Å². The molecule has 2 heterocycles. The van der Waals surface area contributed by atoms with Gasteiger partial charge in [-0.15, -0.1) is 0 Å². The first-order valence-electron chi connectivity index (χ1n) is 19.2. The zero-order valence-corrected chi connectivity index (χ0v) is 33.2. The number of non-ortho nitro benzene ring substituents is 1. The van der Waals surface area contributed by atoms with E-state index < -0.39 is 58.7 Å². The molecule has 1 fully saturated rings. The molecule has 1 aliphatic carbocycles. The molecular formula is C39H54N6O10. The number of hydrogen-bond acceptors (Lipinski definition) is 12. The first-order chi connectivity index (χ1) is 26.3. The van der Waals surface area contributed by atoms with Crippen LogP contribution in [0.25, 0.3) is 0 Å². The lowest BCUT2D eigenvalue weighted by Crippen LogP contribution is -2.37. The van der Waals surface area contributed by atoms with Gasteiger partial charge in [-0.3, -0.25) is 10.1 Å². The normalized spacial score (nSPS) is 17.3. The summed E-state index contributed by atoms with van der Waals surface area (Å²) in [5, 5.41) is 18.6. The van der Waals surface area contributed by atoms with Crippen molar-refractivity contribution in [3.05, 3.63) is 64.5 Å². The molecule has 16 heteroatoms. The molecule has 1 saturated carbocycles. The number of carbonyl (C=O) groups excluding carboxylic acids is 3. The van der Waals surface area contributed by atoms with E-state index in [1.807, 2.05) is 20.8 Å². The second kappa shape index (κ2) is 17.4. The molecule has 2 amide bonds. The van der Waals surface area contributed by atoms with Gasteiger partial charge in [0.15, 0.2) is 0 Å². The zero-order chi connectivity index (χ0) is 42.5. The van der Waals surface area contributed by atoms with Crippen LogP contribution in [0.3, 0.4) is 0 Å². The summed E-state index contributed by atoms with van der Waals surface area (Å²) >= 11 is 0. The molecule has 55 heavy (non-hydrogen) atoms. The minimum absolute atomic E-state index is 0.0859. The summed E-state index contributed by atoms with van der Waals surface area (Å²) in [5.41, 5.74) is -1.39. The average Bonchev–Trinajstić information content (AvgIpc) is 3.70. The number of benzene rings is 1. The molecular weight excluding hydrogens is 712 g/mol. The number of ether oxygens (including phenoxy) is 5. The summed E-state index contributed by atoms with van der Waals surface area (Å²) in [6, 6.07) is 9.49. The van der Waals surface area contributed by atoms with E-state index >= 15 is 0 Å². The van der Waals surface area contributed by atoms with Crippen LogP contribution in [0.1, 0.15) is 116 Å². The van der Waals surface area contributed by atoms with Crippen LogP contribution in [0.4, 0.5) is 31.6 Å². The van der Waals surface area contributed by atoms with Crippen LogP contribution in [0, 0.1) is 10.1 Å². The molecule has 4 rings (SSSR count). The number of carbonyl (C=O) groups is 3. The second-order valence-electron chi connectivity index (χ2n) is 16.4. The molecule has 16 nitrogen and oxygen atoms in total. The molecule has 3 atom stereocenters. The molecule has 1 aromatic carbocycles. The van der Waals surface area contributed by atoms with Crippen molar-refractivity contribution in [2.45, 2.75) is 136 Å². The lowest BCUT2D eigenvalue weighted by Gasteiger charge is -2.30. The van der Waals surface area contributed by atoms with E-state index in [0.717, 1.165) is 0 Å². The van der Waals surface area contributed by atoms with E-state index in [-0.39, 0.29) is 41.8 Å². The fourth-order valence-electron chi connectivity index (χ4n) is 5.66. The van der Waals surface area contributed by atoms with Crippen molar-refractivity contribution >= 4 is 35.5 Å². The van der Waals surface area contributed by atoms with Crippen molar-refractivity contribution in [3.8, 4) is 11.6 Å². The number of nitrogens with zero attached hydrogens (tertiary/aromatic N) is 5. The van der Waals surface area contributed by atoms with Crippen LogP contribution < -0.4 is 19.7 Å². The molecule has 0 radical (unpaired) electrons. The zero-order valence-electron chi connectivity index (χ0n) is 35.2. The van der Waals surface area contributed by atoms with E-state index in [1.165, 1.54) is 41.4 Å². The van der Waals surface area contributed by atoms with Crippen molar-refractivity contribution < 1.29 is 45.7 Å². The van der Waals surface area contributed by atoms with Gasteiger partial charge in [0.1, 0.15) is 28.9 Å². The fraction of sp³-hybridized carbons (Fsp3) is 0.564. The maximum Gasteiger partial charge on any atom is 0.514 e. The number of pyridine rings is 1. The Balaban J connectivity index is 1.55. The highest BCUT2D eigenvalue weighted by Gasteiger charge is 2.36. The van der Waals surface area contributed by atoms with Crippen LogP contribution in [-0.4, -0.2) is 67.9 Å². The van der Waals surface area contributed by atoms with Gasteiger partial charge in [-0.05, 0) is 120 Å². The summed E-state index contributed by atoms with van der Waals surface area (Å²) in [6.07, 6.45) is 0.374. The number of nitrogens with one attached hydrogen (secondary N) is 1. The summed E-state index contributed by atoms with van der Waals surface area (Å²) in [4.78, 5) is 54.8. The van der Waals surface area contributed by atoms with Gasteiger partial charge in [-0.2, -0.15) is 5.10 Å². The second-order valence-corrected chi connectivity index (χ2v) is 16.4. The summed E-state index contributed by atoms with van der Waals surface area (Å²) < 4.78 is 46.5. The molecule has 1 N–H and O–H groups in total. The van der Waals surface area contributed by atoms with Gasteiger partial charge in [0.05, 0.1) is 31.1 Å². The summed E-state index contributed by atoms with van der Waals surface area (Å²) in [5.74, 6) is 0.243. The maximum atomic E-state index is 14.1. The van der Waals surface area contributed by atoms with E-state index in [0.29, 0.717) is 30.8 Å². The Morgan fingerprint density at radius 2 is 1.69 bits per heavy atom. The minimum Gasteiger partial charge on any atom is -0.478 e. The molecule has 3 aromatic rings. The number of nitro groups is 1. The number of alkyl carbamates (subject to hydrolysis) is 1. The predicted octanol–water partition coefficient (Wildman–Crippen LogP) is 8.94. The fourth-order valence-corrected chi connectivity index (χ4v) is 5.66. The maximum absolute atomic E-state index is 14.1. The SMILES string of the molecule is [2H]C([2H])(CC[C@H](C)NC(=O)OC(C)(C)C)Oc1cc(N(C(=O)OC(C)(C)C)c2cc([C@H]3CC[C@@H](OC(=O)Oc4ccc([N+](=O)[O-])cc4)C3)nn2C(C)(C)C)ccn1.